The van der Waals surface area contributed by atoms with E-state index in [0.29, 0.717) is 102 Å². The van der Waals surface area contributed by atoms with Crippen molar-refractivity contribution in [1.29, 1.82) is 0 Å². The molecule has 0 radical (unpaired) electrons. The number of rotatable bonds is 20. The predicted octanol–water partition coefficient (Wildman–Crippen LogP) is 8.82. The van der Waals surface area contributed by atoms with Crippen molar-refractivity contribution in [2.24, 2.45) is 0 Å². The van der Waals surface area contributed by atoms with Crippen LogP contribution < -0.4 is 10.6 Å². The van der Waals surface area contributed by atoms with E-state index in [9.17, 15) is 31.1 Å². The highest BCUT2D eigenvalue weighted by molar-refractivity contribution is 7.86. The van der Waals surface area contributed by atoms with E-state index in [2.05, 4.69) is 50.5 Å². The van der Waals surface area contributed by atoms with Crippen molar-refractivity contribution in [2.75, 3.05) is 56.5 Å². The summed E-state index contributed by atoms with van der Waals surface area (Å²) in [4.78, 5) is 33.6. The van der Waals surface area contributed by atoms with Gasteiger partial charge in [-0.1, -0.05) is 0 Å². The van der Waals surface area contributed by atoms with Crippen LogP contribution in [0.1, 0.15) is 65.0 Å². The Labute approximate surface area is 410 Å². The molecular weight excluding hydrogens is 965 g/mol. The number of imidazole rings is 2. The molecule has 23 heteroatoms. The van der Waals surface area contributed by atoms with Gasteiger partial charge in [-0.2, -0.15) is 18.4 Å². The van der Waals surface area contributed by atoms with Gasteiger partial charge in [0, 0.05) is 36.5 Å². The Morgan fingerprint density at radius 1 is 0.667 bits per heavy atom. The van der Waals surface area contributed by atoms with Crippen molar-refractivity contribution in [2.45, 2.75) is 76.3 Å². The number of H-pyrrole nitrogens is 2. The number of halogens is 4. The standard InChI is InChI=1S/C25H27F2N5O5S.C24H25F2N5O3/c1-4-35-12-14(2)28-24-30-19-8-7-18(29-22(19)37-24)21-20(16-6-5-15(26)11-17(16)27)31-23(32-21)25(9-10-25)13-36-38(3,33)34;1-3-33-11-13(2)27-23-29-18-7-6-17(28-21(18)34-23)20-19(15-5-4-14(25)10-16(15)26)30-22(31-20)24(12-32)8-9-24/h5-8,11,14H,4,9-10,12-13H2,1-3H3,(H,28,30)(H,31,32);4-7,10,13,32H,3,8-9,11-12H2,1-2H3,(H,27,29)(H,30,31)/t14-;13-/m00/s1. The lowest BCUT2D eigenvalue weighted by atomic mass is 10.1. The first-order valence-electron chi connectivity index (χ1n) is 23.3. The number of oxazole rings is 2. The van der Waals surface area contributed by atoms with Crippen LogP contribution in [-0.4, -0.2) is 111 Å². The minimum atomic E-state index is -3.67. The Kier molecular flexibility index (Phi) is 14.2. The van der Waals surface area contributed by atoms with Crippen molar-refractivity contribution in [3.8, 4) is 45.3 Å². The summed E-state index contributed by atoms with van der Waals surface area (Å²) in [6.07, 6.45) is 3.78. The van der Waals surface area contributed by atoms with Crippen LogP contribution >= 0.6 is 0 Å². The number of nitrogens with one attached hydrogen (secondary N) is 4. The lowest BCUT2D eigenvalue weighted by Gasteiger charge is -2.11. The lowest BCUT2D eigenvalue weighted by Crippen LogP contribution is -2.21. The normalized spacial score (nSPS) is 15.6. The molecule has 72 heavy (non-hydrogen) atoms. The van der Waals surface area contributed by atoms with Crippen LogP contribution in [0.4, 0.5) is 29.6 Å². The fraction of sp³-hybridized carbons (Fsp3) is 0.388. The molecule has 0 spiro atoms. The lowest BCUT2D eigenvalue weighted by molar-refractivity contribution is 0.140. The van der Waals surface area contributed by atoms with Crippen LogP contribution in [0.25, 0.3) is 67.8 Å². The van der Waals surface area contributed by atoms with Gasteiger partial charge in [-0.05, 0) is 102 Å². The fourth-order valence-corrected chi connectivity index (χ4v) is 8.38. The number of pyridine rings is 2. The minimum absolute atomic E-state index is 0.0103. The third kappa shape index (κ3) is 11.0. The summed E-state index contributed by atoms with van der Waals surface area (Å²) >= 11 is 0. The molecule has 10 rings (SSSR count). The second-order valence-corrected chi connectivity index (χ2v) is 19.7. The Morgan fingerprint density at radius 2 is 1.11 bits per heavy atom. The monoisotopic (exact) mass is 1020 g/mol. The molecule has 2 saturated carbocycles. The van der Waals surface area contributed by atoms with Gasteiger partial charge in [0.05, 0.1) is 78.4 Å². The van der Waals surface area contributed by atoms with Gasteiger partial charge in [0.25, 0.3) is 22.1 Å². The molecule has 18 nitrogen and oxygen atoms in total. The van der Waals surface area contributed by atoms with Gasteiger partial charge < -0.3 is 44.0 Å². The first-order chi connectivity index (χ1) is 34.5. The van der Waals surface area contributed by atoms with Crippen LogP contribution in [0.3, 0.4) is 0 Å². The maximum atomic E-state index is 14.9. The van der Waals surface area contributed by atoms with E-state index in [-0.39, 0.29) is 53.8 Å². The van der Waals surface area contributed by atoms with Crippen LogP contribution in [-0.2, 0) is 34.6 Å². The third-order valence-electron chi connectivity index (χ3n) is 12.3. The van der Waals surface area contributed by atoms with E-state index in [1.54, 1.807) is 24.3 Å². The number of benzene rings is 2. The zero-order chi connectivity index (χ0) is 51.0. The van der Waals surface area contributed by atoms with Gasteiger partial charge in [-0.25, -0.2) is 37.5 Å². The largest absolute Gasteiger partial charge is 0.404 e. The maximum absolute atomic E-state index is 14.9. The van der Waals surface area contributed by atoms with Gasteiger partial charge >= 0.3 is 0 Å². The molecule has 6 heterocycles. The first kappa shape index (κ1) is 50.2. The molecule has 0 saturated heterocycles. The van der Waals surface area contributed by atoms with Crippen LogP contribution in [0.15, 0.2) is 69.5 Å². The summed E-state index contributed by atoms with van der Waals surface area (Å²) in [7, 11) is -3.67. The SMILES string of the molecule is CCOC[C@H](C)Nc1nc2ccc(-c3[nH]c(C4(CO)CC4)nc3-c3ccc(F)cc3F)nc2o1.CCOC[C@H](C)Nc1nc2ccc(-c3[nH]c(C4(COS(C)(=O)=O)CC4)nc3-c3ccc(F)cc3F)nc2o1. The second-order valence-electron chi connectivity index (χ2n) is 18.0. The van der Waals surface area contributed by atoms with Gasteiger partial charge in [-0.15, -0.1) is 0 Å². The van der Waals surface area contributed by atoms with E-state index in [0.717, 1.165) is 37.3 Å². The Balaban J connectivity index is 0.000000179. The molecule has 0 unspecified atom stereocenters. The molecule has 6 aromatic heterocycles. The zero-order valence-corrected chi connectivity index (χ0v) is 40.7. The van der Waals surface area contributed by atoms with E-state index < -0.39 is 44.2 Å². The number of ether oxygens (including phenoxy) is 2. The van der Waals surface area contributed by atoms with E-state index in [1.165, 1.54) is 18.2 Å². The number of nitrogens with zero attached hydrogens (tertiary/aromatic N) is 6. The van der Waals surface area contributed by atoms with Crippen molar-refractivity contribution in [3.05, 3.63) is 95.6 Å². The number of anilines is 2. The van der Waals surface area contributed by atoms with Gasteiger partial charge in [-0.3, -0.25) is 4.18 Å². The summed E-state index contributed by atoms with van der Waals surface area (Å²) in [6.45, 7) is 9.73. The number of hydrogen-bond acceptors (Lipinski definition) is 16. The van der Waals surface area contributed by atoms with Gasteiger partial charge in [0.2, 0.25) is 11.4 Å². The molecule has 2 atom stereocenters. The van der Waals surface area contributed by atoms with Gasteiger partial charge in [0.1, 0.15) is 57.3 Å². The molecule has 0 amide bonds. The summed E-state index contributed by atoms with van der Waals surface area (Å²) < 4.78 is 107. The summed E-state index contributed by atoms with van der Waals surface area (Å²) in [5, 5.41) is 16.1. The quantitative estimate of drug-likeness (QED) is 0.0354. The molecule has 8 aromatic rings. The van der Waals surface area contributed by atoms with Crippen LogP contribution in [0, 0.1) is 23.3 Å². The molecule has 0 bridgehead atoms. The Hall–Kier alpha value is -6.79. The average Bonchev–Trinajstić information content (AvgIpc) is 4.06. The van der Waals surface area contributed by atoms with Crippen LogP contribution in [0.5, 0.6) is 0 Å². The molecule has 2 aliphatic carbocycles. The van der Waals surface area contributed by atoms with Crippen molar-refractivity contribution >= 4 is 44.6 Å². The van der Waals surface area contributed by atoms with Crippen LogP contribution in [0.2, 0.25) is 0 Å². The maximum Gasteiger partial charge on any atom is 0.297 e. The molecule has 2 aliphatic rings. The topological polar surface area (TPSA) is 241 Å². The predicted molar refractivity (Wildman–Crippen MR) is 258 cm³/mol. The Morgan fingerprint density at radius 3 is 1.50 bits per heavy atom. The highest BCUT2D eigenvalue weighted by Crippen LogP contribution is 2.50. The average molecular weight is 1020 g/mol. The molecule has 0 aliphatic heterocycles. The van der Waals surface area contributed by atoms with E-state index >= 15 is 0 Å². The molecular formula is C49H52F4N10O8S. The van der Waals surface area contributed by atoms with Crippen molar-refractivity contribution < 1.29 is 53.6 Å². The van der Waals surface area contributed by atoms with Crippen molar-refractivity contribution in [3.63, 3.8) is 0 Å². The van der Waals surface area contributed by atoms with E-state index in [1.807, 2.05) is 27.7 Å². The second kappa shape index (κ2) is 20.4. The third-order valence-corrected chi connectivity index (χ3v) is 12.8. The summed E-state index contributed by atoms with van der Waals surface area (Å²) in [5.74, 6) is -1.94. The highest BCUT2D eigenvalue weighted by atomic mass is 32.2. The number of aromatic nitrogens is 8. The fourth-order valence-electron chi connectivity index (χ4n) is 7.94. The minimum Gasteiger partial charge on any atom is -0.404 e. The smallest absolute Gasteiger partial charge is 0.297 e. The molecule has 2 aromatic carbocycles. The number of aromatic amines is 2. The molecule has 2 fully saturated rings. The van der Waals surface area contributed by atoms with Crippen molar-refractivity contribution in [1.82, 2.24) is 39.9 Å². The number of aliphatic hydroxyl groups excluding tert-OH is 1. The number of hydrogen-bond donors (Lipinski definition) is 5. The summed E-state index contributed by atoms with van der Waals surface area (Å²) in [5.41, 5.74) is 2.84. The highest BCUT2D eigenvalue weighted by Gasteiger charge is 2.49. The van der Waals surface area contributed by atoms with Gasteiger partial charge in [0.15, 0.2) is 0 Å². The van der Waals surface area contributed by atoms with E-state index in [4.69, 9.17) is 22.5 Å². The Bertz CT molecular complexity index is 3350. The number of aliphatic hydroxyl groups is 1. The zero-order valence-electron chi connectivity index (χ0n) is 39.9. The first-order valence-corrected chi connectivity index (χ1v) is 25.1. The summed E-state index contributed by atoms with van der Waals surface area (Å²) in [6, 6.07) is 14.0. The molecule has 380 valence electrons. The molecule has 5 N–H and O–H groups in total. The number of fused-ring (bicyclic) bond motifs is 2.